The van der Waals surface area contributed by atoms with Gasteiger partial charge in [0.15, 0.2) is 0 Å². The summed E-state index contributed by atoms with van der Waals surface area (Å²) in [5.74, 6) is 0. The van der Waals surface area contributed by atoms with Gasteiger partial charge in [0.1, 0.15) is 0 Å². The normalized spacial score (nSPS) is 10.3. The molecule has 0 aromatic heterocycles. The van der Waals surface area contributed by atoms with Gasteiger partial charge in [-0.2, -0.15) is 0 Å². The molecule has 0 aliphatic heterocycles. The lowest BCUT2D eigenvalue weighted by Gasteiger charge is -2.08. The van der Waals surface area contributed by atoms with Gasteiger partial charge in [0.05, 0.1) is 10.0 Å². The summed E-state index contributed by atoms with van der Waals surface area (Å²) in [6.07, 6.45) is 3.00. The van der Waals surface area contributed by atoms with Gasteiger partial charge in [-0.25, -0.2) is 4.79 Å². The molecule has 0 saturated heterocycles. The highest BCUT2D eigenvalue weighted by Crippen LogP contribution is 2.24. The first-order chi connectivity index (χ1) is 10.6. The smallest absolute Gasteiger partial charge is 0.319 e. The molecule has 2 aromatic carbocycles. The van der Waals surface area contributed by atoms with Crippen LogP contribution in [-0.4, -0.2) is 12.6 Å². The van der Waals surface area contributed by atoms with Crippen molar-refractivity contribution in [3.05, 3.63) is 64.1 Å². The van der Waals surface area contributed by atoms with E-state index in [1.165, 1.54) is 5.56 Å². The van der Waals surface area contributed by atoms with Crippen molar-refractivity contribution in [3.8, 4) is 0 Å². The van der Waals surface area contributed by atoms with Crippen molar-refractivity contribution >= 4 is 34.9 Å². The summed E-state index contributed by atoms with van der Waals surface area (Å²) in [6, 6.07) is 15.1. The largest absolute Gasteiger partial charge is 0.338 e. The molecule has 0 fully saturated rings. The predicted molar refractivity (Wildman–Crippen MR) is 92.9 cm³/mol. The number of unbranched alkanes of at least 4 members (excludes halogenated alkanes) is 1. The van der Waals surface area contributed by atoms with Crippen LogP contribution in [0.4, 0.5) is 10.5 Å². The van der Waals surface area contributed by atoms with Crippen LogP contribution in [0.3, 0.4) is 0 Å². The molecule has 0 heterocycles. The average Bonchev–Trinajstić information content (AvgIpc) is 2.52. The second kappa shape index (κ2) is 8.66. The lowest BCUT2D eigenvalue weighted by Crippen LogP contribution is -2.29. The molecule has 0 spiro atoms. The molecule has 0 saturated carbocycles. The van der Waals surface area contributed by atoms with E-state index in [-0.39, 0.29) is 6.03 Å². The number of hydrogen-bond donors (Lipinski definition) is 2. The Bertz CT molecular complexity index is 617. The monoisotopic (exact) mass is 336 g/mol. The number of hydrogen-bond acceptors (Lipinski definition) is 1. The number of benzene rings is 2. The number of carbonyl (C=O) groups is 1. The van der Waals surface area contributed by atoms with Gasteiger partial charge in [-0.1, -0.05) is 53.5 Å². The van der Waals surface area contributed by atoms with Gasteiger partial charge in [0.2, 0.25) is 0 Å². The highest BCUT2D eigenvalue weighted by molar-refractivity contribution is 6.42. The van der Waals surface area contributed by atoms with Crippen LogP contribution in [0, 0.1) is 0 Å². The maximum atomic E-state index is 11.7. The van der Waals surface area contributed by atoms with Crippen LogP contribution < -0.4 is 10.6 Å². The summed E-state index contributed by atoms with van der Waals surface area (Å²) in [7, 11) is 0. The van der Waals surface area contributed by atoms with E-state index in [4.69, 9.17) is 23.2 Å². The van der Waals surface area contributed by atoms with Gasteiger partial charge in [-0.05, 0) is 43.0 Å². The fraction of sp³-hybridized carbons (Fsp3) is 0.235. The minimum atomic E-state index is -0.238. The topological polar surface area (TPSA) is 41.1 Å². The molecule has 2 rings (SSSR count). The van der Waals surface area contributed by atoms with Crippen LogP contribution in [0.25, 0.3) is 0 Å². The first kappa shape index (κ1) is 16.7. The number of halogens is 2. The zero-order chi connectivity index (χ0) is 15.8. The second-order valence-corrected chi connectivity index (χ2v) is 5.77. The Kier molecular flexibility index (Phi) is 6.56. The third-order valence-electron chi connectivity index (χ3n) is 3.20. The Balaban J connectivity index is 1.64. The van der Waals surface area contributed by atoms with Crippen LogP contribution in [-0.2, 0) is 6.42 Å². The highest BCUT2D eigenvalue weighted by Gasteiger charge is 2.03. The van der Waals surface area contributed by atoms with E-state index in [1.807, 2.05) is 18.2 Å². The third kappa shape index (κ3) is 5.58. The molecule has 0 bridgehead atoms. The summed E-state index contributed by atoms with van der Waals surface area (Å²) in [4.78, 5) is 11.7. The van der Waals surface area contributed by atoms with Crippen LogP contribution >= 0.6 is 23.2 Å². The molecule has 0 atom stereocenters. The van der Waals surface area contributed by atoms with Crippen LogP contribution in [0.2, 0.25) is 10.0 Å². The molecular formula is C17H18Cl2N2O. The van der Waals surface area contributed by atoms with Crippen molar-refractivity contribution in [2.24, 2.45) is 0 Å². The quantitative estimate of drug-likeness (QED) is 0.704. The lowest BCUT2D eigenvalue weighted by atomic mass is 10.1. The van der Waals surface area contributed by atoms with Gasteiger partial charge >= 0.3 is 6.03 Å². The standard InChI is InChI=1S/C17H18Cl2N2O/c18-15-10-9-14(12-16(15)19)21-17(22)20-11-5-4-8-13-6-2-1-3-7-13/h1-3,6-7,9-10,12H,4-5,8,11H2,(H2,20,21,22). The number of urea groups is 1. The molecule has 2 amide bonds. The SMILES string of the molecule is O=C(NCCCCc1ccccc1)Nc1ccc(Cl)c(Cl)c1. The molecular weight excluding hydrogens is 319 g/mol. The summed E-state index contributed by atoms with van der Waals surface area (Å²) >= 11 is 11.7. The van der Waals surface area contributed by atoms with Gasteiger partial charge in [0, 0.05) is 12.2 Å². The number of amides is 2. The Morgan fingerprint density at radius 1 is 0.955 bits per heavy atom. The number of nitrogens with one attached hydrogen (secondary N) is 2. The van der Waals surface area contributed by atoms with Crippen molar-refractivity contribution in [2.75, 3.05) is 11.9 Å². The van der Waals surface area contributed by atoms with E-state index in [0.29, 0.717) is 22.3 Å². The molecule has 0 aliphatic rings. The summed E-state index contributed by atoms with van der Waals surface area (Å²) in [5.41, 5.74) is 1.94. The Labute approximate surface area is 140 Å². The Morgan fingerprint density at radius 3 is 2.45 bits per heavy atom. The first-order valence-corrected chi connectivity index (χ1v) is 7.94. The summed E-state index contributed by atoms with van der Waals surface area (Å²) in [6.45, 7) is 0.639. The highest BCUT2D eigenvalue weighted by atomic mass is 35.5. The van der Waals surface area contributed by atoms with Crippen molar-refractivity contribution in [2.45, 2.75) is 19.3 Å². The van der Waals surface area contributed by atoms with Gasteiger partial charge in [-0.15, -0.1) is 0 Å². The predicted octanol–water partition coefficient (Wildman–Crippen LogP) is 5.14. The number of carbonyl (C=O) groups excluding carboxylic acids is 1. The molecule has 3 nitrogen and oxygen atoms in total. The minimum absolute atomic E-state index is 0.238. The molecule has 0 aliphatic carbocycles. The van der Waals surface area contributed by atoms with Crippen molar-refractivity contribution in [1.29, 1.82) is 0 Å². The first-order valence-electron chi connectivity index (χ1n) is 7.19. The summed E-state index contributed by atoms with van der Waals surface area (Å²) in [5, 5.41) is 6.44. The van der Waals surface area contributed by atoms with Gasteiger partial charge in [-0.3, -0.25) is 0 Å². The number of anilines is 1. The molecule has 5 heteroatoms. The zero-order valence-corrected chi connectivity index (χ0v) is 13.6. The fourth-order valence-electron chi connectivity index (χ4n) is 2.05. The molecule has 2 aromatic rings. The number of rotatable bonds is 6. The molecule has 0 unspecified atom stereocenters. The molecule has 2 N–H and O–H groups in total. The Morgan fingerprint density at radius 2 is 1.73 bits per heavy atom. The lowest BCUT2D eigenvalue weighted by molar-refractivity contribution is 0.252. The fourth-order valence-corrected chi connectivity index (χ4v) is 2.35. The maximum Gasteiger partial charge on any atom is 0.319 e. The molecule has 22 heavy (non-hydrogen) atoms. The van der Waals surface area contributed by atoms with E-state index < -0.39 is 0 Å². The van der Waals surface area contributed by atoms with Gasteiger partial charge in [0.25, 0.3) is 0 Å². The second-order valence-electron chi connectivity index (χ2n) is 4.95. The number of aryl methyl sites for hydroxylation is 1. The zero-order valence-electron chi connectivity index (χ0n) is 12.1. The van der Waals surface area contributed by atoms with E-state index in [2.05, 4.69) is 22.8 Å². The van der Waals surface area contributed by atoms with Crippen LogP contribution in [0.1, 0.15) is 18.4 Å². The van der Waals surface area contributed by atoms with E-state index >= 15 is 0 Å². The molecule has 116 valence electrons. The minimum Gasteiger partial charge on any atom is -0.338 e. The summed E-state index contributed by atoms with van der Waals surface area (Å²) < 4.78 is 0. The van der Waals surface area contributed by atoms with Crippen molar-refractivity contribution < 1.29 is 4.79 Å². The van der Waals surface area contributed by atoms with Crippen LogP contribution in [0.15, 0.2) is 48.5 Å². The maximum absolute atomic E-state index is 11.7. The van der Waals surface area contributed by atoms with Crippen molar-refractivity contribution in [3.63, 3.8) is 0 Å². The average molecular weight is 337 g/mol. The van der Waals surface area contributed by atoms with Crippen LogP contribution in [0.5, 0.6) is 0 Å². The van der Waals surface area contributed by atoms with E-state index in [0.717, 1.165) is 19.3 Å². The van der Waals surface area contributed by atoms with Crippen molar-refractivity contribution in [1.82, 2.24) is 5.32 Å². The van der Waals surface area contributed by atoms with E-state index in [1.54, 1.807) is 18.2 Å². The molecule has 0 radical (unpaired) electrons. The van der Waals surface area contributed by atoms with E-state index in [9.17, 15) is 4.79 Å². The third-order valence-corrected chi connectivity index (χ3v) is 3.94. The van der Waals surface area contributed by atoms with Gasteiger partial charge < -0.3 is 10.6 Å². The Hall–Kier alpha value is -1.71.